The molecular formula is C22H42O5. The first-order chi connectivity index (χ1) is 13.1. The minimum atomic E-state index is -0.755. The van der Waals surface area contributed by atoms with Crippen LogP contribution in [0.2, 0.25) is 0 Å². The SMILES string of the molecule is CCCCCCCCCCCCCCCC(=O)OC(CO)COC(=O)CC. The van der Waals surface area contributed by atoms with Crippen LogP contribution in [-0.4, -0.2) is 36.4 Å². The van der Waals surface area contributed by atoms with Gasteiger partial charge in [0.2, 0.25) is 0 Å². The molecular weight excluding hydrogens is 344 g/mol. The zero-order valence-electron chi connectivity index (χ0n) is 17.7. The van der Waals surface area contributed by atoms with Gasteiger partial charge >= 0.3 is 11.9 Å². The van der Waals surface area contributed by atoms with Crippen molar-refractivity contribution in [3.63, 3.8) is 0 Å². The second kappa shape index (κ2) is 19.7. The van der Waals surface area contributed by atoms with E-state index in [2.05, 4.69) is 6.92 Å². The Hall–Kier alpha value is -1.10. The topological polar surface area (TPSA) is 72.8 Å². The van der Waals surface area contributed by atoms with Gasteiger partial charge in [0.1, 0.15) is 6.61 Å². The van der Waals surface area contributed by atoms with E-state index < -0.39 is 6.10 Å². The average Bonchev–Trinajstić information content (AvgIpc) is 2.68. The lowest BCUT2D eigenvalue weighted by Crippen LogP contribution is -2.28. The van der Waals surface area contributed by atoms with E-state index in [0.29, 0.717) is 6.42 Å². The molecule has 1 atom stereocenters. The molecule has 0 amide bonds. The number of unbranched alkanes of at least 4 members (excludes halogenated alkanes) is 12. The minimum Gasteiger partial charge on any atom is -0.462 e. The lowest BCUT2D eigenvalue weighted by molar-refractivity contribution is -0.161. The minimum absolute atomic E-state index is 0.0759. The standard InChI is InChI=1S/C22H42O5/c1-3-5-6-7-8-9-10-11-12-13-14-15-16-17-22(25)27-20(18-23)19-26-21(24)4-2/h20,23H,3-19H2,1-2H3. The third-order valence-corrected chi connectivity index (χ3v) is 4.71. The Morgan fingerprint density at radius 1 is 0.741 bits per heavy atom. The molecule has 0 fully saturated rings. The van der Waals surface area contributed by atoms with Crippen LogP contribution < -0.4 is 0 Å². The molecule has 0 aromatic heterocycles. The lowest BCUT2D eigenvalue weighted by atomic mass is 10.0. The number of carbonyl (C=O) groups is 2. The summed E-state index contributed by atoms with van der Waals surface area (Å²) in [6.07, 6.45) is 16.3. The highest BCUT2D eigenvalue weighted by atomic mass is 16.6. The number of ether oxygens (including phenoxy) is 2. The molecule has 0 rings (SSSR count). The lowest BCUT2D eigenvalue weighted by Gasteiger charge is -2.15. The van der Waals surface area contributed by atoms with Crippen LogP contribution >= 0.6 is 0 Å². The monoisotopic (exact) mass is 386 g/mol. The number of aliphatic hydroxyl groups excluding tert-OH is 1. The van der Waals surface area contributed by atoms with E-state index in [0.717, 1.165) is 19.3 Å². The van der Waals surface area contributed by atoms with Gasteiger partial charge in [0, 0.05) is 12.8 Å². The summed E-state index contributed by atoms with van der Waals surface area (Å²) in [5.41, 5.74) is 0. The normalized spacial score (nSPS) is 12.0. The molecule has 1 N–H and O–H groups in total. The van der Waals surface area contributed by atoms with Crippen LogP contribution in [0.15, 0.2) is 0 Å². The van der Waals surface area contributed by atoms with Crippen molar-refractivity contribution in [2.24, 2.45) is 0 Å². The molecule has 0 aromatic carbocycles. The van der Waals surface area contributed by atoms with Crippen LogP contribution in [0.4, 0.5) is 0 Å². The van der Waals surface area contributed by atoms with Gasteiger partial charge in [-0.15, -0.1) is 0 Å². The highest BCUT2D eigenvalue weighted by Gasteiger charge is 2.15. The van der Waals surface area contributed by atoms with Crippen molar-refractivity contribution >= 4 is 11.9 Å². The molecule has 5 heteroatoms. The Morgan fingerprint density at radius 3 is 1.67 bits per heavy atom. The van der Waals surface area contributed by atoms with Gasteiger partial charge in [0.25, 0.3) is 0 Å². The summed E-state index contributed by atoms with van der Waals surface area (Å²) in [6.45, 7) is 3.54. The van der Waals surface area contributed by atoms with Crippen LogP contribution in [0.3, 0.4) is 0 Å². The average molecular weight is 387 g/mol. The molecule has 0 saturated carbocycles. The highest BCUT2D eigenvalue weighted by molar-refractivity contribution is 5.70. The first kappa shape index (κ1) is 25.9. The fraction of sp³-hybridized carbons (Fsp3) is 0.909. The molecule has 0 spiro atoms. The molecule has 0 radical (unpaired) electrons. The fourth-order valence-electron chi connectivity index (χ4n) is 2.94. The van der Waals surface area contributed by atoms with E-state index >= 15 is 0 Å². The summed E-state index contributed by atoms with van der Waals surface area (Å²) >= 11 is 0. The molecule has 160 valence electrons. The van der Waals surface area contributed by atoms with E-state index in [4.69, 9.17) is 9.47 Å². The van der Waals surface area contributed by atoms with Crippen LogP contribution in [0, 0.1) is 0 Å². The van der Waals surface area contributed by atoms with Crippen molar-refractivity contribution in [2.75, 3.05) is 13.2 Å². The predicted molar refractivity (Wildman–Crippen MR) is 109 cm³/mol. The second-order valence-electron chi connectivity index (χ2n) is 7.32. The number of carbonyl (C=O) groups excluding carboxylic acids is 2. The summed E-state index contributed by atoms with van der Waals surface area (Å²) < 4.78 is 10.0. The van der Waals surface area contributed by atoms with Gasteiger partial charge in [0.05, 0.1) is 6.61 Å². The first-order valence-corrected chi connectivity index (χ1v) is 11.1. The van der Waals surface area contributed by atoms with Crippen molar-refractivity contribution in [3.05, 3.63) is 0 Å². The quantitative estimate of drug-likeness (QED) is 0.240. The van der Waals surface area contributed by atoms with Gasteiger partial charge in [-0.05, 0) is 6.42 Å². The molecule has 0 aliphatic carbocycles. The van der Waals surface area contributed by atoms with E-state index in [1.165, 1.54) is 64.2 Å². The highest BCUT2D eigenvalue weighted by Crippen LogP contribution is 2.13. The van der Waals surface area contributed by atoms with E-state index in [1.54, 1.807) is 6.92 Å². The van der Waals surface area contributed by atoms with E-state index in [1.807, 2.05) is 0 Å². The van der Waals surface area contributed by atoms with Gasteiger partial charge in [-0.2, -0.15) is 0 Å². The Balaban J connectivity index is 3.43. The maximum atomic E-state index is 11.8. The zero-order chi connectivity index (χ0) is 20.2. The third-order valence-electron chi connectivity index (χ3n) is 4.71. The van der Waals surface area contributed by atoms with Crippen LogP contribution in [0.5, 0.6) is 0 Å². The summed E-state index contributed by atoms with van der Waals surface area (Å²) in [4.78, 5) is 22.8. The van der Waals surface area contributed by atoms with Crippen LogP contribution in [0.25, 0.3) is 0 Å². The molecule has 0 saturated heterocycles. The number of esters is 2. The van der Waals surface area contributed by atoms with Crippen molar-refractivity contribution in [1.29, 1.82) is 0 Å². The van der Waals surface area contributed by atoms with Gasteiger partial charge in [-0.1, -0.05) is 90.9 Å². The molecule has 0 aromatic rings. The molecule has 0 aliphatic heterocycles. The Morgan fingerprint density at radius 2 is 1.22 bits per heavy atom. The van der Waals surface area contributed by atoms with Crippen molar-refractivity contribution in [2.45, 2.75) is 116 Å². The fourth-order valence-corrected chi connectivity index (χ4v) is 2.94. The predicted octanol–water partition coefficient (Wildman–Crippen LogP) is 5.33. The third kappa shape index (κ3) is 18.0. The van der Waals surface area contributed by atoms with Gasteiger partial charge in [-0.3, -0.25) is 9.59 Å². The van der Waals surface area contributed by atoms with Crippen molar-refractivity contribution < 1.29 is 24.2 Å². The van der Waals surface area contributed by atoms with Crippen molar-refractivity contribution in [1.82, 2.24) is 0 Å². The molecule has 0 bridgehead atoms. The summed E-state index contributed by atoms with van der Waals surface area (Å²) in [5, 5.41) is 9.18. The van der Waals surface area contributed by atoms with Crippen LogP contribution in [0.1, 0.15) is 110 Å². The summed E-state index contributed by atoms with van der Waals surface area (Å²) in [6, 6.07) is 0. The molecule has 5 nitrogen and oxygen atoms in total. The Kier molecular flexibility index (Phi) is 18.9. The number of hydrogen-bond acceptors (Lipinski definition) is 5. The zero-order valence-corrected chi connectivity index (χ0v) is 17.7. The Bertz CT molecular complexity index is 357. The van der Waals surface area contributed by atoms with Gasteiger partial charge < -0.3 is 14.6 Å². The largest absolute Gasteiger partial charge is 0.462 e. The number of hydrogen-bond donors (Lipinski definition) is 1. The molecule has 0 aliphatic rings. The maximum absolute atomic E-state index is 11.8. The first-order valence-electron chi connectivity index (χ1n) is 11.1. The molecule has 27 heavy (non-hydrogen) atoms. The summed E-state index contributed by atoms with van der Waals surface area (Å²) in [5.74, 6) is -0.689. The van der Waals surface area contributed by atoms with Gasteiger partial charge in [-0.25, -0.2) is 0 Å². The van der Waals surface area contributed by atoms with Gasteiger partial charge in [0.15, 0.2) is 6.10 Å². The van der Waals surface area contributed by atoms with Crippen molar-refractivity contribution in [3.8, 4) is 0 Å². The van der Waals surface area contributed by atoms with Crippen LogP contribution in [-0.2, 0) is 19.1 Å². The van der Waals surface area contributed by atoms with E-state index in [-0.39, 0.29) is 31.6 Å². The number of rotatable bonds is 19. The van der Waals surface area contributed by atoms with E-state index in [9.17, 15) is 14.7 Å². The smallest absolute Gasteiger partial charge is 0.306 e. The number of aliphatic hydroxyl groups is 1. The molecule has 1 unspecified atom stereocenters. The molecule has 0 heterocycles. The maximum Gasteiger partial charge on any atom is 0.306 e. The Labute approximate surface area is 166 Å². The summed E-state index contributed by atoms with van der Waals surface area (Å²) in [7, 11) is 0. The second-order valence-corrected chi connectivity index (χ2v) is 7.32.